The normalized spacial score (nSPS) is 12.2. The molecule has 0 aromatic heterocycles. The highest BCUT2D eigenvalue weighted by Gasteiger charge is 2.06. The highest BCUT2D eigenvalue weighted by atomic mass is 16.5. The van der Waals surface area contributed by atoms with Crippen molar-refractivity contribution in [1.29, 1.82) is 0 Å². The molecule has 0 bridgehead atoms. The second-order valence-corrected chi connectivity index (χ2v) is 5.87. The smallest absolute Gasteiger partial charge is 0.137 e. The summed E-state index contributed by atoms with van der Waals surface area (Å²) in [7, 11) is 0. The Hall–Kier alpha value is -2.07. The van der Waals surface area contributed by atoms with Gasteiger partial charge in [0.1, 0.15) is 18.9 Å². The van der Waals surface area contributed by atoms with Crippen molar-refractivity contribution in [2.45, 2.75) is 32.6 Å². The number of ether oxygens (including phenoxy) is 1. The summed E-state index contributed by atoms with van der Waals surface area (Å²) in [6.45, 7) is 9.78. The Balaban J connectivity index is 2.35. The molecule has 0 aliphatic carbocycles. The minimum atomic E-state index is -1.19. The van der Waals surface area contributed by atoms with Crippen LogP contribution in [0.3, 0.4) is 0 Å². The van der Waals surface area contributed by atoms with Crippen LogP contribution >= 0.6 is 0 Å². The van der Waals surface area contributed by atoms with Gasteiger partial charge in [-0.15, -0.1) is 0 Å². The average molecular weight is 331 g/mol. The van der Waals surface area contributed by atoms with Crippen molar-refractivity contribution in [3.63, 3.8) is 0 Å². The lowest BCUT2D eigenvalue weighted by molar-refractivity contribution is -0.894. The van der Waals surface area contributed by atoms with Crippen molar-refractivity contribution < 1.29 is 19.5 Å². The first-order valence-corrected chi connectivity index (χ1v) is 8.72. The second-order valence-electron chi connectivity index (χ2n) is 5.87. The molecule has 1 aromatic carbocycles. The molecule has 4 heteroatoms. The van der Waals surface area contributed by atoms with E-state index in [4.69, 9.17) is 4.74 Å². The van der Waals surface area contributed by atoms with Gasteiger partial charge in [0.05, 0.1) is 19.1 Å². The molecular weight excluding hydrogens is 302 g/mol. The molecule has 0 fully saturated rings. The maximum Gasteiger partial charge on any atom is 0.137 e. The zero-order valence-electron chi connectivity index (χ0n) is 14.6. The van der Waals surface area contributed by atoms with E-state index in [-0.39, 0.29) is 0 Å². The van der Waals surface area contributed by atoms with Crippen LogP contribution in [-0.2, 0) is 4.79 Å². The van der Waals surface area contributed by atoms with Gasteiger partial charge < -0.3 is 19.5 Å². The first-order chi connectivity index (χ1) is 11.7. The molecule has 0 radical (unpaired) electrons. The zero-order valence-corrected chi connectivity index (χ0v) is 14.6. The van der Waals surface area contributed by atoms with E-state index in [1.54, 1.807) is 0 Å². The van der Waals surface area contributed by atoms with Gasteiger partial charge in [-0.1, -0.05) is 44.6 Å². The van der Waals surface area contributed by atoms with Crippen molar-refractivity contribution in [2.75, 3.05) is 26.2 Å². The fourth-order valence-corrected chi connectivity index (χ4v) is 2.49. The molecule has 0 aliphatic heterocycles. The van der Waals surface area contributed by atoms with E-state index < -0.39 is 5.97 Å². The molecule has 0 aliphatic rings. The van der Waals surface area contributed by atoms with Gasteiger partial charge in [-0.05, 0) is 42.7 Å². The Kier molecular flexibility index (Phi) is 10.3. The summed E-state index contributed by atoms with van der Waals surface area (Å²) in [6.07, 6.45) is 9.59. The van der Waals surface area contributed by atoms with Crippen LogP contribution in [0.2, 0.25) is 0 Å². The Morgan fingerprint density at radius 3 is 2.58 bits per heavy atom. The molecule has 1 atom stereocenters. The predicted molar refractivity (Wildman–Crippen MR) is 95.9 cm³/mol. The van der Waals surface area contributed by atoms with Gasteiger partial charge >= 0.3 is 0 Å². The Morgan fingerprint density at radius 2 is 1.96 bits per heavy atom. The number of nitrogens with one attached hydrogen (secondary N) is 1. The van der Waals surface area contributed by atoms with Crippen molar-refractivity contribution in [3.05, 3.63) is 48.6 Å². The SMILES string of the molecule is C=CC[NH+](CCCCCC)CCOc1ccc(/C=C/C(=O)[O-])cc1. The molecule has 4 nitrogen and oxygen atoms in total. The third-order valence-electron chi connectivity index (χ3n) is 3.83. The lowest BCUT2D eigenvalue weighted by Crippen LogP contribution is -3.12. The number of carbonyl (C=O) groups is 1. The molecule has 0 heterocycles. The van der Waals surface area contributed by atoms with Gasteiger partial charge in [0.25, 0.3) is 0 Å². The first-order valence-electron chi connectivity index (χ1n) is 8.72. The summed E-state index contributed by atoms with van der Waals surface area (Å²) in [6, 6.07) is 7.36. The van der Waals surface area contributed by atoms with Crippen molar-refractivity contribution in [2.24, 2.45) is 0 Å². The lowest BCUT2D eigenvalue weighted by Gasteiger charge is -2.18. The number of rotatable bonds is 13. The standard InChI is InChI=1S/C20H29NO3/c1-3-5-6-7-15-21(14-4-2)16-17-24-19-11-8-18(9-12-19)10-13-20(22)23/h4,8-13H,2-3,5-7,14-17H2,1H3,(H,22,23)/b13-10+. The Bertz CT molecular complexity index is 508. The van der Waals surface area contributed by atoms with Gasteiger partial charge in [0, 0.05) is 0 Å². The molecule has 1 unspecified atom stereocenters. The number of carbonyl (C=O) groups excluding carboxylic acids is 1. The average Bonchev–Trinajstić information content (AvgIpc) is 2.58. The molecule has 0 spiro atoms. The molecule has 1 aromatic rings. The van der Waals surface area contributed by atoms with Crippen molar-refractivity contribution >= 4 is 12.0 Å². The zero-order chi connectivity index (χ0) is 17.6. The van der Waals surface area contributed by atoms with Crippen LogP contribution in [0.4, 0.5) is 0 Å². The van der Waals surface area contributed by atoms with Gasteiger partial charge in [0.15, 0.2) is 0 Å². The number of hydrogen-bond acceptors (Lipinski definition) is 3. The molecule has 1 rings (SSSR count). The van der Waals surface area contributed by atoms with Crippen LogP contribution in [0.1, 0.15) is 38.2 Å². The monoisotopic (exact) mass is 331 g/mol. The molecule has 24 heavy (non-hydrogen) atoms. The van der Waals surface area contributed by atoms with Crippen LogP contribution in [0.15, 0.2) is 43.0 Å². The molecule has 132 valence electrons. The molecular formula is C20H29NO3. The van der Waals surface area contributed by atoms with E-state index in [1.807, 2.05) is 30.3 Å². The van der Waals surface area contributed by atoms with E-state index >= 15 is 0 Å². The Labute approximate surface area is 145 Å². The third-order valence-corrected chi connectivity index (χ3v) is 3.83. The number of quaternary nitrogens is 1. The number of carboxylic acid groups (broad SMARTS) is 1. The molecule has 0 saturated carbocycles. The van der Waals surface area contributed by atoms with Gasteiger partial charge in [-0.25, -0.2) is 0 Å². The first kappa shape index (κ1) is 20.0. The van der Waals surface area contributed by atoms with E-state index in [0.29, 0.717) is 6.61 Å². The Morgan fingerprint density at radius 1 is 1.21 bits per heavy atom. The quantitative estimate of drug-likeness (QED) is 0.338. The van der Waals surface area contributed by atoms with Gasteiger partial charge in [-0.2, -0.15) is 0 Å². The number of aliphatic carboxylic acids is 1. The van der Waals surface area contributed by atoms with Gasteiger partial charge in [0.2, 0.25) is 0 Å². The highest BCUT2D eigenvalue weighted by Crippen LogP contribution is 2.12. The maximum absolute atomic E-state index is 10.4. The van der Waals surface area contributed by atoms with Crippen LogP contribution in [0.25, 0.3) is 6.08 Å². The number of carboxylic acids is 1. The largest absolute Gasteiger partial charge is 0.545 e. The number of hydrogen-bond donors (Lipinski definition) is 1. The van der Waals surface area contributed by atoms with E-state index in [1.165, 1.54) is 36.7 Å². The summed E-state index contributed by atoms with van der Waals surface area (Å²) in [4.78, 5) is 11.9. The number of unbranched alkanes of at least 4 members (excludes halogenated alkanes) is 3. The van der Waals surface area contributed by atoms with Crippen LogP contribution in [0, 0.1) is 0 Å². The van der Waals surface area contributed by atoms with E-state index in [9.17, 15) is 9.90 Å². The predicted octanol–water partition coefficient (Wildman–Crippen LogP) is 1.48. The number of benzene rings is 1. The van der Waals surface area contributed by atoms with Gasteiger partial charge in [-0.3, -0.25) is 0 Å². The maximum atomic E-state index is 10.4. The van der Waals surface area contributed by atoms with Crippen molar-refractivity contribution in [1.82, 2.24) is 0 Å². The van der Waals surface area contributed by atoms with Crippen molar-refractivity contribution in [3.8, 4) is 5.75 Å². The second kappa shape index (κ2) is 12.4. The van der Waals surface area contributed by atoms with E-state index in [0.717, 1.165) is 37.0 Å². The third kappa shape index (κ3) is 9.16. The topological polar surface area (TPSA) is 53.8 Å². The summed E-state index contributed by atoms with van der Waals surface area (Å²) < 4.78 is 5.78. The fourth-order valence-electron chi connectivity index (χ4n) is 2.49. The van der Waals surface area contributed by atoms with Crippen LogP contribution < -0.4 is 14.7 Å². The minimum absolute atomic E-state index is 0.658. The summed E-state index contributed by atoms with van der Waals surface area (Å²) in [5.74, 6) is -0.399. The molecule has 1 N–H and O–H groups in total. The minimum Gasteiger partial charge on any atom is -0.545 e. The lowest BCUT2D eigenvalue weighted by atomic mass is 10.2. The highest BCUT2D eigenvalue weighted by molar-refractivity contribution is 5.83. The van der Waals surface area contributed by atoms with Crippen LogP contribution in [-0.4, -0.2) is 32.2 Å². The molecule has 0 amide bonds. The summed E-state index contributed by atoms with van der Waals surface area (Å²) >= 11 is 0. The molecule has 0 saturated heterocycles. The summed E-state index contributed by atoms with van der Waals surface area (Å²) in [5.41, 5.74) is 0.807. The van der Waals surface area contributed by atoms with E-state index in [2.05, 4.69) is 13.5 Å². The summed E-state index contributed by atoms with van der Waals surface area (Å²) in [5, 5.41) is 10.4. The van der Waals surface area contributed by atoms with Crippen LogP contribution in [0.5, 0.6) is 5.75 Å². The fraction of sp³-hybridized carbons (Fsp3) is 0.450.